The summed E-state index contributed by atoms with van der Waals surface area (Å²) in [6, 6.07) is 6.23. The minimum Gasteiger partial charge on any atom is -0.389 e. The Labute approximate surface area is 141 Å². The molecule has 1 spiro atoms. The van der Waals surface area contributed by atoms with Crippen LogP contribution in [0.1, 0.15) is 50.5 Å². The van der Waals surface area contributed by atoms with Gasteiger partial charge in [0.1, 0.15) is 4.99 Å². The number of hydrogen-bond donors (Lipinski definition) is 1. The van der Waals surface area contributed by atoms with Crippen LogP contribution in [0.2, 0.25) is 0 Å². The van der Waals surface area contributed by atoms with Crippen molar-refractivity contribution in [2.75, 3.05) is 18.0 Å². The van der Waals surface area contributed by atoms with Gasteiger partial charge in [0.15, 0.2) is 0 Å². The van der Waals surface area contributed by atoms with E-state index >= 15 is 0 Å². The Morgan fingerprint density at radius 2 is 1.76 bits per heavy atom. The minimum atomic E-state index is 0.460. The Morgan fingerprint density at radius 3 is 2.33 bits per heavy atom. The normalized spacial score (nSPS) is 21.5. The zero-order valence-corrected chi connectivity index (χ0v) is 14.8. The topological polar surface area (TPSA) is 29.3 Å². The monoisotopic (exact) mass is 366 g/mol. The van der Waals surface area contributed by atoms with Gasteiger partial charge in [0.05, 0.1) is 5.69 Å². The Kier molecular flexibility index (Phi) is 4.55. The molecule has 1 saturated heterocycles. The lowest BCUT2D eigenvalue weighted by Crippen LogP contribution is -2.41. The van der Waals surface area contributed by atoms with Gasteiger partial charge < -0.3 is 10.6 Å². The summed E-state index contributed by atoms with van der Waals surface area (Å²) in [6.45, 7) is 2.34. The van der Waals surface area contributed by atoms with Gasteiger partial charge >= 0.3 is 0 Å². The fraction of sp³-hybridized carbons (Fsp3) is 0.588. The first-order valence-corrected chi connectivity index (χ1v) is 9.14. The number of halogens is 1. The molecule has 0 amide bonds. The van der Waals surface area contributed by atoms with Gasteiger partial charge in [-0.05, 0) is 65.2 Å². The third-order valence-corrected chi connectivity index (χ3v) is 6.18. The third kappa shape index (κ3) is 3.26. The number of anilines is 1. The van der Waals surface area contributed by atoms with Crippen LogP contribution in [-0.4, -0.2) is 18.1 Å². The highest BCUT2D eigenvalue weighted by Crippen LogP contribution is 2.45. The predicted molar refractivity (Wildman–Crippen MR) is 97.0 cm³/mol. The van der Waals surface area contributed by atoms with Crippen LogP contribution in [0.5, 0.6) is 0 Å². The zero-order chi connectivity index (χ0) is 14.9. The van der Waals surface area contributed by atoms with Crippen LogP contribution in [0.3, 0.4) is 0 Å². The van der Waals surface area contributed by atoms with Gasteiger partial charge in [-0.15, -0.1) is 0 Å². The van der Waals surface area contributed by atoms with E-state index < -0.39 is 0 Å². The molecule has 1 aliphatic heterocycles. The predicted octanol–water partition coefficient (Wildman–Crippen LogP) is 4.63. The molecule has 0 atom stereocenters. The Hall–Kier alpha value is -0.610. The molecule has 1 aromatic carbocycles. The molecule has 2 N–H and O–H groups in total. The van der Waals surface area contributed by atoms with Gasteiger partial charge in [0, 0.05) is 23.1 Å². The quantitative estimate of drug-likeness (QED) is 0.773. The minimum absolute atomic E-state index is 0.460. The molecule has 1 saturated carbocycles. The average molecular weight is 367 g/mol. The molecule has 1 heterocycles. The van der Waals surface area contributed by atoms with Gasteiger partial charge in [-0.3, -0.25) is 0 Å². The molecule has 114 valence electrons. The zero-order valence-electron chi connectivity index (χ0n) is 12.4. The Bertz CT molecular complexity index is 528. The van der Waals surface area contributed by atoms with Gasteiger partial charge in [0.2, 0.25) is 0 Å². The van der Waals surface area contributed by atoms with E-state index in [9.17, 15) is 0 Å². The number of hydrogen-bond acceptors (Lipinski definition) is 2. The van der Waals surface area contributed by atoms with E-state index in [4.69, 9.17) is 18.0 Å². The maximum atomic E-state index is 5.70. The van der Waals surface area contributed by atoms with E-state index in [0.29, 0.717) is 10.4 Å². The van der Waals surface area contributed by atoms with Crippen molar-refractivity contribution >= 4 is 38.8 Å². The summed E-state index contributed by atoms with van der Waals surface area (Å²) in [5, 5.41) is 0. The second kappa shape index (κ2) is 6.25. The summed E-state index contributed by atoms with van der Waals surface area (Å²) >= 11 is 8.73. The first kappa shape index (κ1) is 15.3. The molecule has 4 heteroatoms. The second-order valence-electron chi connectivity index (χ2n) is 6.58. The summed E-state index contributed by atoms with van der Waals surface area (Å²) < 4.78 is 1.10. The van der Waals surface area contributed by atoms with Crippen molar-refractivity contribution < 1.29 is 0 Å². The van der Waals surface area contributed by atoms with Crippen LogP contribution < -0.4 is 10.6 Å². The number of nitrogens with zero attached hydrogens (tertiary/aromatic N) is 1. The highest BCUT2D eigenvalue weighted by atomic mass is 79.9. The highest BCUT2D eigenvalue weighted by Gasteiger charge is 2.35. The molecule has 2 fully saturated rings. The van der Waals surface area contributed by atoms with E-state index in [1.807, 2.05) is 12.1 Å². The van der Waals surface area contributed by atoms with Crippen LogP contribution in [0.15, 0.2) is 22.7 Å². The maximum Gasteiger partial charge on any atom is 0.104 e. The lowest BCUT2D eigenvalue weighted by molar-refractivity contribution is 0.144. The van der Waals surface area contributed by atoms with Crippen molar-refractivity contribution in [3.63, 3.8) is 0 Å². The van der Waals surface area contributed by atoms with Crippen molar-refractivity contribution in [1.82, 2.24) is 0 Å². The first-order valence-electron chi connectivity index (χ1n) is 7.94. The molecule has 2 nitrogen and oxygen atoms in total. The summed E-state index contributed by atoms with van der Waals surface area (Å²) in [5.74, 6) is 0. The summed E-state index contributed by atoms with van der Waals surface area (Å²) in [4.78, 5) is 2.97. The van der Waals surface area contributed by atoms with E-state index in [2.05, 4.69) is 26.9 Å². The standard InChI is InChI=1S/C17H23BrN2S/c18-14-12-13(16(19)21)4-5-15(14)20-10-8-17(9-11-20)6-2-1-3-7-17/h4-5,12H,1-3,6-11H2,(H2,19,21). The summed E-state index contributed by atoms with van der Waals surface area (Å²) in [7, 11) is 0. The molecule has 3 rings (SSSR count). The van der Waals surface area contributed by atoms with Crippen LogP contribution >= 0.6 is 28.1 Å². The molecular formula is C17H23BrN2S. The van der Waals surface area contributed by atoms with Crippen LogP contribution in [0, 0.1) is 5.41 Å². The maximum absolute atomic E-state index is 5.70. The van der Waals surface area contributed by atoms with Gasteiger partial charge in [-0.25, -0.2) is 0 Å². The average Bonchev–Trinajstić information content (AvgIpc) is 2.49. The van der Waals surface area contributed by atoms with Crippen molar-refractivity contribution in [2.24, 2.45) is 11.1 Å². The van der Waals surface area contributed by atoms with Crippen molar-refractivity contribution in [1.29, 1.82) is 0 Å². The molecule has 0 radical (unpaired) electrons. The van der Waals surface area contributed by atoms with Gasteiger partial charge in [0.25, 0.3) is 0 Å². The third-order valence-electron chi connectivity index (χ3n) is 5.31. The Balaban J connectivity index is 1.70. The van der Waals surface area contributed by atoms with E-state index in [1.54, 1.807) is 0 Å². The van der Waals surface area contributed by atoms with Crippen molar-refractivity contribution in [3.05, 3.63) is 28.2 Å². The second-order valence-corrected chi connectivity index (χ2v) is 7.87. The molecule has 1 aliphatic carbocycles. The smallest absolute Gasteiger partial charge is 0.104 e. The van der Waals surface area contributed by atoms with Crippen molar-refractivity contribution in [3.8, 4) is 0 Å². The van der Waals surface area contributed by atoms with E-state index in [0.717, 1.165) is 10.0 Å². The molecule has 21 heavy (non-hydrogen) atoms. The van der Waals surface area contributed by atoms with Crippen LogP contribution in [-0.2, 0) is 0 Å². The number of nitrogens with two attached hydrogens (primary N) is 1. The van der Waals surface area contributed by atoms with Crippen LogP contribution in [0.4, 0.5) is 5.69 Å². The van der Waals surface area contributed by atoms with Crippen LogP contribution in [0.25, 0.3) is 0 Å². The summed E-state index contributed by atoms with van der Waals surface area (Å²) in [6.07, 6.45) is 9.90. The van der Waals surface area contributed by atoms with Crippen molar-refractivity contribution in [2.45, 2.75) is 44.9 Å². The highest BCUT2D eigenvalue weighted by molar-refractivity contribution is 9.10. The first-order chi connectivity index (χ1) is 10.1. The molecule has 0 aromatic heterocycles. The number of rotatable bonds is 2. The van der Waals surface area contributed by atoms with E-state index in [-0.39, 0.29) is 0 Å². The number of thiocarbonyl (C=S) groups is 1. The lowest BCUT2D eigenvalue weighted by atomic mass is 9.68. The van der Waals surface area contributed by atoms with Gasteiger partial charge in [-0.1, -0.05) is 31.5 Å². The fourth-order valence-electron chi connectivity index (χ4n) is 3.94. The molecular weight excluding hydrogens is 344 g/mol. The molecule has 2 aliphatic rings. The Morgan fingerprint density at radius 1 is 1.10 bits per heavy atom. The number of benzene rings is 1. The van der Waals surface area contributed by atoms with Gasteiger partial charge in [-0.2, -0.15) is 0 Å². The number of piperidine rings is 1. The molecule has 1 aromatic rings. The summed E-state index contributed by atoms with van der Waals surface area (Å²) in [5.41, 5.74) is 8.56. The van der Waals surface area contributed by atoms with E-state index in [1.165, 1.54) is 63.7 Å². The largest absolute Gasteiger partial charge is 0.389 e. The molecule has 0 bridgehead atoms. The lowest BCUT2D eigenvalue weighted by Gasteiger charge is -2.45. The SMILES string of the molecule is NC(=S)c1ccc(N2CCC3(CCCCC3)CC2)c(Br)c1. The fourth-order valence-corrected chi connectivity index (χ4v) is 4.70. The molecule has 0 unspecified atom stereocenters.